The van der Waals surface area contributed by atoms with Crippen LogP contribution in [0.5, 0.6) is 5.75 Å². The topological polar surface area (TPSA) is 74.4 Å². The number of rotatable bonds is 6. The second kappa shape index (κ2) is 6.40. The monoisotopic (exact) mass is 304 g/mol. The van der Waals surface area contributed by atoms with Gasteiger partial charge in [-0.1, -0.05) is 13.8 Å². The van der Waals surface area contributed by atoms with Crippen LogP contribution in [0.25, 0.3) is 10.9 Å². The summed E-state index contributed by atoms with van der Waals surface area (Å²) in [6.45, 7) is 5.83. The molecule has 5 nitrogen and oxygen atoms in total. The van der Waals surface area contributed by atoms with Gasteiger partial charge in [-0.3, -0.25) is 4.79 Å². The van der Waals surface area contributed by atoms with Gasteiger partial charge in [0.25, 0.3) is 0 Å². The first-order valence-corrected chi connectivity index (χ1v) is 7.46. The molecule has 2 rings (SSSR count). The maximum Gasteiger partial charge on any atom is 0.224 e. The highest BCUT2D eigenvalue weighted by Gasteiger charge is 2.25. The van der Waals surface area contributed by atoms with E-state index in [9.17, 15) is 9.90 Å². The van der Waals surface area contributed by atoms with E-state index in [4.69, 9.17) is 4.74 Å². The SMILES string of the molecule is COc1ccc2[nH]cc(CC(=O)NCC(C)(O)C(C)C)c2c1. The van der Waals surface area contributed by atoms with Crippen LogP contribution >= 0.6 is 0 Å². The molecule has 1 atom stereocenters. The van der Waals surface area contributed by atoms with Crippen LogP contribution in [0.15, 0.2) is 24.4 Å². The van der Waals surface area contributed by atoms with Gasteiger partial charge in [0.05, 0.1) is 19.1 Å². The number of aromatic nitrogens is 1. The maximum atomic E-state index is 12.1. The number of H-pyrrole nitrogens is 1. The van der Waals surface area contributed by atoms with Crippen molar-refractivity contribution < 1.29 is 14.6 Å². The lowest BCUT2D eigenvalue weighted by atomic mass is 9.92. The van der Waals surface area contributed by atoms with Gasteiger partial charge in [-0.15, -0.1) is 0 Å². The number of fused-ring (bicyclic) bond motifs is 1. The van der Waals surface area contributed by atoms with E-state index in [1.165, 1.54) is 0 Å². The Morgan fingerprint density at radius 2 is 2.18 bits per heavy atom. The fraction of sp³-hybridized carbons (Fsp3) is 0.471. The van der Waals surface area contributed by atoms with Gasteiger partial charge in [0.15, 0.2) is 0 Å². The van der Waals surface area contributed by atoms with Gasteiger partial charge in [-0.05, 0) is 36.6 Å². The first-order valence-electron chi connectivity index (χ1n) is 7.46. The molecule has 22 heavy (non-hydrogen) atoms. The summed E-state index contributed by atoms with van der Waals surface area (Å²) in [5, 5.41) is 13.9. The van der Waals surface area contributed by atoms with Crippen molar-refractivity contribution in [3.05, 3.63) is 30.0 Å². The lowest BCUT2D eigenvalue weighted by Gasteiger charge is -2.27. The Morgan fingerprint density at radius 3 is 2.82 bits per heavy atom. The van der Waals surface area contributed by atoms with E-state index in [1.807, 2.05) is 38.2 Å². The van der Waals surface area contributed by atoms with Gasteiger partial charge in [-0.25, -0.2) is 0 Å². The minimum absolute atomic E-state index is 0.0742. The first kappa shape index (κ1) is 16.4. The van der Waals surface area contributed by atoms with E-state index in [1.54, 1.807) is 14.0 Å². The van der Waals surface area contributed by atoms with Crippen molar-refractivity contribution in [2.75, 3.05) is 13.7 Å². The van der Waals surface area contributed by atoms with E-state index in [0.29, 0.717) is 0 Å². The Morgan fingerprint density at radius 1 is 1.45 bits per heavy atom. The molecule has 5 heteroatoms. The molecule has 0 spiro atoms. The standard InChI is InChI=1S/C17H24N2O3/c1-11(2)17(3,21)10-19-16(20)7-12-9-18-15-6-5-13(22-4)8-14(12)15/h5-6,8-9,11,18,21H,7,10H2,1-4H3,(H,19,20). The van der Waals surface area contributed by atoms with Crippen LogP contribution < -0.4 is 10.1 Å². The number of carbonyl (C=O) groups excluding carboxylic acids is 1. The zero-order valence-electron chi connectivity index (χ0n) is 13.6. The van der Waals surface area contributed by atoms with Gasteiger partial charge in [0.1, 0.15) is 5.75 Å². The molecule has 1 aromatic heterocycles. The molecular formula is C17H24N2O3. The van der Waals surface area contributed by atoms with Crippen LogP contribution in [0.4, 0.5) is 0 Å². The second-order valence-electron chi connectivity index (χ2n) is 6.19. The molecule has 0 aliphatic carbocycles. The highest BCUT2D eigenvalue weighted by atomic mass is 16.5. The Hall–Kier alpha value is -2.01. The summed E-state index contributed by atoms with van der Waals surface area (Å²) in [6, 6.07) is 5.72. The number of methoxy groups -OCH3 is 1. The maximum absolute atomic E-state index is 12.1. The largest absolute Gasteiger partial charge is 0.497 e. The van der Waals surface area contributed by atoms with Gasteiger partial charge in [-0.2, -0.15) is 0 Å². The molecule has 2 aromatic rings. The molecule has 1 unspecified atom stereocenters. The molecule has 0 saturated heterocycles. The van der Waals surface area contributed by atoms with Crippen LogP contribution in [-0.2, 0) is 11.2 Å². The molecule has 0 saturated carbocycles. The molecule has 3 N–H and O–H groups in total. The van der Waals surface area contributed by atoms with Crippen LogP contribution in [-0.4, -0.2) is 35.3 Å². The average molecular weight is 304 g/mol. The summed E-state index contributed by atoms with van der Waals surface area (Å²) in [5.41, 5.74) is 0.979. The smallest absolute Gasteiger partial charge is 0.224 e. The number of aromatic amines is 1. The summed E-state index contributed by atoms with van der Waals surface area (Å²) in [4.78, 5) is 15.3. The molecule has 0 bridgehead atoms. The fourth-order valence-electron chi connectivity index (χ4n) is 2.15. The number of benzene rings is 1. The summed E-state index contributed by atoms with van der Waals surface area (Å²) in [6.07, 6.45) is 2.10. The number of carbonyl (C=O) groups is 1. The van der Waals surface area contributed by atoms with Gasteiger partial charge >= 0.3 is 0 Å². The third kappa shape index (κ3) is 3.60. The van der Waals surface area contributed by atoms with Crippen LogP contribution in [0.1, 0.15) is 26.3 Å². The molecule has 120 valence electrons. The molecule has 1 amide bonds. The van der Waals surface area contributed by atoms with E-state index >= 15 is 0 Å². The number of aliphatic hydroxyl groups is 1. The zero-order chi connectivity index (χ0) is 16.3. The second-order valence-corrected chi connectivity index (χ2v) is 6.19. The van der Waals surface area contributed by atoms with Crippen LogP contribution in [0.3, 0.4) is 0 Å². The number of ether oxygens (including phenoxy) is 1. The predicted octanol–water partition coefficient (Wildman–Crippen LogP) is 2.24. The summed E-state index contributed by atoms with van der Waals surface area (Å²) in [5.74, 6) is 0.728. The Kier molecular flexibility index (Phi) is 4.76. The average Bonchev–Trinajstić information content (AvgIpc) is 2.87. The third-order valence-corrected chi connectivity index (χ3v) is 4.21. The number of hydrogen-bond donors (Lipinski definition) is 3. The summed E-state index contributed by atoms with van der Waals surface area (Å²) >= 11 is 0. The quantitative estimate of drug-likeness (QED) is 0.766. The van der Waals surface area contributed by atoms with Crippen molar-refractivity contribution in [1.82, 2.24) is 10.3 Å². The predicted molar refractivity (Wildman–Crippen MR) is 87.0 cm³/mol. The van der Waals surface area contributed by atoms with Crippen molar-refractivity contribution in [2.45, 2.75) is 32.8 Å². The van der Waals surface area contributed by atoms with Gasteiger partial charge < -0.3 is 20.1 Å². The Labute approximate surface area is 130 Å². The van der Waals surface area contributed by atoms with E-state index in [-0.39, 0.29) is 24.8 Å². The minimum atomic E-state index is -0.904. The Bertz CT molecular complexity index is 659. The molecule has 0 aliphatic heterocycles. The molecule has 1 aromatic carbocycles. The Balaban J connectivity index is 2.06. The molecule has 0 fully saturated rings. The summed E-state index contributed by atoms with van der Waals surface area (Å²) in [7, 11) is 1.62. The van der Waals surface area contributed by atoms with Crippen LogP contribution in [0, 0.1) is 5.92 Å². The van der Waals surface area contributed by atoms with E-state index < -0.39 is 5.60 Å². The lowest BCUT2D eigenvalue weighted by Crippen LogP contribution is -2.44. The van der Waals surface area contributed by atoms with Crippen molar-refractivity contribution >= 4 is 16.8 Å². The van der Waals surface area contributed by atoms with Gasteiger partial charge in [0, 0.05) is 23.6 Å². The molecular weight excluding hydrogens is 280 g/mol. The highest BCUT2D eigenvalue weighted by molar-refractivity contribution is 5.89. The van der Waals surface area contributed by atoms with Crippen molar-refractivity contribution in [2.24, 2.45) is 5.92 Å². The molecule has 0 aliphatic rings. The third-order valence-electron chi connectivity index (χ3n) is 4.21. The number of nitrogens with one attached hydrogen (secondary N) is 2. The van der Waals surface area contributed by atoms with Crippen molar-refractivity contribution in [3.63, 3.8) is 0 Å². The number of amides is 1. The summed E-state index contributed by atoms with van der Waals surface area (Å²) < 4.78 is 5.22. The lowest BCUT2D eigenvalue weighted by molar-refractivity contribution is -0.122. The molecule has 0 radical (unpaired) electrons. The van der Waals surface area contributed by atoms with Gasteiger partial charge in [0.2, 0.25) is 5.91 Å². The van der Waals surface area contributed by atoms with Crippen molar-refractivity contribution in [1.29, 1.82) is 0 Å². The normalized spacial score (nSPS) is 14.1. The fourth-order valence-corrected chi connectivity index (χ4v) is 2.15. The minimum Gasteiger partial charge on any atom is -0.497 e. The highest BCUT2D eigenvalue weighted by Crippen LogP contribution is 2.24. The van der Waals surface area contributed by atoms with Crippen molar-refractivity contribution in [3.8, 4) is 5.75 Å². The first-order chi connectivity index (χ1) is 10.3. The van der Waals surface area contributed by atoms with E-state index in [2.05, 4.69) is 10.3 Å². The zero-order valence-corrected chi connectivity index (χ0v) is 13.6. The van der Waals surface area contributed by atoms with Crippen LogP contribution in [0.2, 0.25) is 0 Å². The van der Waals surface area contributed by atoms with E-state index in [0.717, 1.165) is 22.2 Å². The molecule has 1 heterocycles. The number of hydrogen-bond acceptors (Lipinski definition) is 3.